The third-order valence-corrected chi connectivity index (χ3v) is 5.49. The topological polar surface area (TPSA) is 55.8 Å². The van der Waals surface area contributed by atoms with Gasteiger partial charge in [-0.3, -0.25) is 0 Å². The van der Waals surface area contributed by atoms with Crippen LogP contribution in [0, 0.1) is 11.8 Å². The first-order chi connectivity index (χ1) is 14.3. The minimum atomic E-state index is -0.967. The first kappa shape index (κ1) is 24.7. The molecule has 0 aliphatic rings. The second-order valence-corrected chi connectivity index (χ2v) is 9.04. The highest BCUT2D eigenvalue weighted by molar-refractivity contribution is 9.11. The van der Waals surface area contributed by atoms with Gasteiger partial charge in [-0.05, 0) is 77.3 Å². The molecule has 0 spiro atoms. The fraction of sp³-hybridized carbons (Fsp3) is 0.261. The lowest BCUT2D eigenvalue weighted by Gasteiger charge is -2.13. The molecule has 0 aliphatic heterocycles. The van der Waals surface area contributed by atoms with Crippen molar-refractivity contribution in [3.05, 3.63) is 72.6 Å². The molecule has 0 saturated carbocycles. The summed E-state index contributed by atoms with van der Waals surface area (Å²) in [5, 5.41) is 9.22. The highest BCUT2D eigenvalue weighted by Crippen LogP contribution is 2.27. The van der Waals surface area contributed by atoms with Crippen molar-refractivity contribution in [3.63, 3.8) is 0 Å². The van der Waals surface area contributed by atoms with Crippen molar-refractivity contribution in [2.75, 3.05) is 13.2 Å². The van der Waals surface area contributed by atoms with Gasteiger partial charge < -0.3 is 14.6 Å². The maximum absolute atomic E-state index is 11.2. The number of aliphatic carboxylic acids is 1. The number of rotatable bonds is 8. The number of hydrogen-bond acceptors (Lipinski definition) is 3. The van der Waals surface area contributed by atoms with Crippen molar-refractivity contribution in [2.45, 2.75) is 26.4 Å². The molecule has 0 heterocycles. The lowest BCUT2D eigenvalue weighted by molar-refractivity contribution is -0.149. The molecule has 2 aromatic rings. The standard InChI is InChI=1S/C23H21Br3O4/c1-3-29-22(23(27)28)13-17-6-7-21(20(26)12-17)30-9-8-15(2)4-5-16-10-18(24)14-19(25)11-16/h6-8,10-12,14,22H,3,9,13H2,1-2H3,(H,27,28)/b15-8+/t22-/m0/s1. The molecule has 0 aliphatic carbocycles. The summed E-state index contributed by atoms with van der Waals surface area (Å²) in [5.41, 5.74) is 2.67. The molecule has 0 amide bonds. The Morgan fingerprint density at radius 2 is 1.87 bits per heavy atom. The summed E-state index contributed by atoms with van der Waals surface area (Å²) in [6, 6.07) is 11.4. The van der Waals surface area contributed by atoms with Crippen molar-refractivity contribution in [2.24, 2.45) is 0 Å². The first-order valence-electron chi connectivity index (χ1n) is 9.19. The molecule has 2 aromatic carbocycles. The molecule has 30 heavy (non-hydrogen) atoms. The third-order valence-electron chi connectivity index (χ3n) is 3.96. The largest absolute Gasteiger partial charge is 0.488 e. The second kappa shape index (κ2) is 12.3. The van der Waals surface area contributed by atoms with E-state index >= 15 is 0 Å². The quantitative estimate of drug-likeness (QED) is 0.357. The van der Waals surface area contributed by atoms with E-state index in [2.05, 4.69) is 59.6 Å². The average molecular weight is 601 g/mol. The predicted octanol–water partition coefficient (Wildman–Crippen LogP) is 6.38. The van der Waals surface area contributed by atoms with Gasteiger partial charge in [0.15, 0.2) is 6.10 Å². The number of hydrogen-bond donors (Lipinski definition) is 1. The van der Waals surface area contributed by atoms with E-state index in [0.717, 1.165) is 30.1 Å². The zero-order valence-corrected chi connectivity index (χ0v) is 21.3. The summed E-state index contributed by atoms with van der Waals surface area (Å²) >= 11 is 10.4. The maximum atomic E-state index is 11.2. The minimum absolute atomic E-state index is 0.294. The Hall–Kier alpha value is -1.59. The first-order valence-corrected chi connectivity index (χ1v) is 11.6. The highest BCUT2D eigenvalue weighted by Gasteiger charge is 2.18. The molecule has 0 radical (unpaired) electrons. The summed E-state index contributed by atoms with van der Waals surface area (Å²) in [4.78, 5) is 11.2. The molecule has 0 fully saturated rings. The summed E-state index contributed by atoms with van der Waals surface area (Å²) < 4.78 is 13.8. The van der Waals surface area contributed by atoms with E-state index in [1.54, 1.807) is 6.92 Å². The van der Waals surface area contributed by atoms with Gasteiger partial charge in [-0.25, -0.2) is 4.79 Å². The molecule has 1 atom stereocenters. The fourth-order valence-electron chi connectivity index (χ4n) is 2.53. The Balaban J connectivity index is 1.97. The summed E-state index contributed by atoms with van der Waals surface area (Å²) in [6.45, 7) is 4.44. The number of allylic oxidation sites excluding steroid dienone is 1. The molecule has 1 N–H and O–H groups in total. The third kappa shape index (κ3) is 8.27. The SMILES string of the molecule is CCO[C@@H](Cc1ccc(OC/C=C(\C)C#Cc2cc(Br)cc(Br)c2)c(Br)c1)C(=O)O. The van der Waals surface area contributed by atoms with E-state index in [4.69, 9.17) is 9.47 Å². The molecular weight excluding hydrogens is 580 g/mol. The summed E-state index contributed by atoms with van der Waals surface area (Å²) in [7, 11) is 0. The monoisotopic (exact) mass is 598 g/mol. The van der Waals surface area contributed by atoms with Crippen LogP contribution in [-0.4, -0.2) is 30.4 Å². The zero-order valence-electron chi connectivity index (χ0n) is 16.5. The van der Waals surface area contributed by atoms with Crippen LogP contribution in [0.4, 0.5) is 0 Å². The molecule has 0 unspecified atom stereocenters. The van der Waals surface area contributed by atoms with Crippen LogP contribution in [0.3, 0.4) is 0 Å². The van der Waals surface area contributed by atoms with Crippen LogP contribution in [0.5, 0.6) is 5.75 Å². The Morgan fingerprint density at radius 3 is 2.47 bits per heavy atom. The van der Waals surface area contributed by atoms with Crippen LogP contribution in [-0.2, 0) is 16.0 Å². The second-order valence-electron chi connectivity index (χ2n) is 6.36. The average Bonchev–Trinajstić information content (AvgIpc) is 2.67. The van der Waals surface area contributed by atoms with Crippen molar-refractivity contribution in [3.8, 4) is 17.6 Å². The molecule has 0 saturated heterocycles. The van der Waals surface area contributed by atoms with Gasteiger partial charge in [-0.1, -0.05) is 49.8 Å². The van der Waals surface area contributed by atoms with Gasteiger partial charge in [-0.15, -0.1) is 0 Å². The number of carboxylic acid groups (broad SMARTS) is 1. The van der Waals surface area contributed by atoms with Crippen molar-refractivity contribution < 1.29 is 19.4 Å². The van der Waals surface area contributed by atoms with E-state index in [9.17, 15) is 9.90 Å². The lowest BCUT2D eigenvalue weighted by atomic mass is 10.1. The van der Waals surface area contributed by atoms with Crippen molar-refractivity contribution in [1.29, 1.82) is 0 Å². The number of ether oxygens (including phenoxy) is 2. The van der Waals surface area contributed by atoms with E-state index in [1.807, 2.05) is 49.4 Å². The van der Waals surface area contributed by atoms with Crippen molar-refractivity contribution in [1.82, 2.24) is 0 Å². The molecule has 158 valence electrons. The minimum Gasteiger partial charge on any atom is -0.488 e. The van der Waals surface area contributed by atoms with Crippen LogP contribution < -0.4 is 4.74 Å². The van der Waals surface area contributed by atoms with Crippen LogP contribution >= 0.6 is 47.8 Å². The number of halogens is 3. The van der Waals surface area contributed by atoms with Gasteiger partial charge >= 0.3 is 5.97 Å². The Kier molecular flexibility index (Phi) is 10.1. The Morgan fingerprint density at radius 1 is 1.17 bits per heavy atom. The molecule has 0 aromatic heterocycles. The van der Waals surface area contributed by atoms with Crippen LogP contribution in [0.15, 0.2) is 61.5 Å². The molecule has 0 bridgehead atoms. The van der Waals surface area contributed by atoms with Crippen LogP contribution in [0.25, 0.3) is 0 Å². The Bertz CT molecular complexity index is 969. The van der Waals surface area contributed by atoms with E-state index in [1.165, 1.54) is 0 Å². The summed E-state index contributed by atoms with van der Waals surface area (Å²) in [6.07, 6.45) is 1.35. The molecule has 7 heteroatoms. The number of carboxylic acids is 1. The predicted molar refractivity (Wildman–Crippen MR) is 129 cm³/mol. The smallest absolute Gasteiger partial charge is 0.333 e. The van der Waals surface area contributed by atoms with Crippen LogP contribution in [0.2, 0.25) is 0 Å². The Labute approximate surface area is 202 Å². The van der Waals surface area contributed by atoms with E-state index in [0.29, 0.717) is 25.4 Å². The highest BCUT2D eigenvalue weighted by atomic mass is 79.9. The van der Waals surface area contributed by atoms with Gasteiger partial charge in [-0.2, -0.15) is 0 Å². The van der Waals surface area contributed by atoms with Gasteiger partial charge in [0.2, 0.25) is 0 Å². The van der Waals surface area contributed by atoms with Crippen molar-refractivity contribution >= 4 is 53.8 Å². The van der Waals surface area contributed by atoms with Crippen LogP contribution in [0.1, 0.15) is 25.0 Å². The zero-order chi connectivity index (χ0) is 22.1. The number of carbonyl (C=O) groups is 1. The van der Waals surface area contributed by atoms with Gasteiger partial charge in [0.25, 0.3) is 0 Å². The fourth-order valence-corrected chi connectivity index (χ4v) is 4.36. The van der Waals surface area contributed by atoms with Gasteiger partial charge in [0.05, 0.1) is 4.47 Å². The maximum Gasteiger partial charge on any atom is 0.333 e. The van der Waals surface area contributed by atoms with Gasteiger partial charge in [0.1, 0.15) is 12.4 Å². The normalized spacial score (nSPS) is 12.1. The van der Waals surface area contributed by atoms with Gasteiger partial charge in [0, 0.05) is 27.5 Å². The summed E-state index contributed by atoms with van der Waals surface area (Å²) in [5.74, 6) is 5.95. The molecule has 4 nitrogen and oxygen atoms in total. The van der Waals surface area contributed by atoms with E-state index in [-0.39, 0.29) is 0 Å². The molecule has 2 rings (SSSR count). The number of benzene rings is 2. The van der Waals surface area contributed by atoms with E-state index < -0.39 is 12.1 Å². The lowest BCUT2D eigenvalue weighted by Crippen LogP contribution is -2.26. The molecular formula is C23H21Br3O4.